The summed E-state index contributed by atoms with van der Waals surface area (Å²) in [6, 6.07) is 3.83. The molecule has 2 heterocycles. The second-order valence-electron chi connectivity index (χ2n) is 6.15. The molecule has 3 atom stereocenters. The Morgan fingerprint density at radius 1 is 1.36 bits per heavy atom. The Labute approximate surface area is 140 Å². The van der Waals surface area contributed by atoms with Gasteiger partial charge >= 0.3 is 0 Å². The third-order valence-electron chi connectivity index (χ3n) is 4.86. The van der Waals surface area contributed by atoms with Crippen molar-refractivity contribution < 1.29 is 9.53 Å². The molecule has 120 valence electrons. The van der Waals surface area contributed by atoms with Crippen molar-refractivity contribution >= 4 is 29.1 Å². The molecule has 0 radical (unpaired) electrons. The smallest absolute Gasteiger partial charge is 0.223 e. The largest absolute Gasteiger partial charge is 0.496 e. The Morgan fingerprint density at radius 2 is 2.14 bits per heavy atom. The molecule has 22 heavy (non-hydrogen) atoms. The quantitative estimate of drug-likeness (QED) is 0.918. The summed E-state index contributed by atoms with van der Waals surface area (Å²) in [6.45, 7) is 1.25. The van der Waals surface area contributed by atoms with Crippen molar-refractivity contribution in [2.75, 3.05) is 20.2 Å². The summed E-state index contributed by atoms with van der Waals surface area (Å²) < 4.78 is 5.45. The average Bonchev–Trinajstić information content (AvgIpc) is 2.93. The van der Waals surface area contributed by atoms with Gasteiger partial charge in [-0.05, 0) is 37.4 Å². The highest BCUT2D eigenvalue weighted by Crippen LogP contribution is 2.45. The predicted octanol–water partition coefficient (Wildman–Crippen LogP) is 3.06. The second kappa shape index (κ2) is 6.26. The van der Waals surface area contributed by atoms with Gasteiger partial charge in [0.25, 0.3) is 0 Å². The number of ether oxygens (including phenoxy) is 1. The predicted molar refractivity (Wildman–Crippen MR) is 87.7 cm³/mol. The van der Waals surface area contributed by atoms with Crippen LogP contribution in [0.4, 0.5) is 0 Å². The van der Waals surface area contributed by atoms with Gasteiger partial charge in [-0.25, -0.2) is 0 Å². The van der Waals surface area contributed by atoms with E-state index in [0.717, 1.165) is 24.2 Å². The third-order valence-corrected chi connectivity index (χ3v) is 5.68. The van der Waals surface area contributed by atoms with Crippen molar-refractivity contribution in [3.05, 3.63) is 27.7 Å². The molecule has 3 unspecified atom stereocenters. The van der Waals surface area contributed by atoms with E-state index in [1.807, 2.05) is 11.0 Å². The number of piperidine rings is 1. The van der Waals surface area contributed by atoms with Gasteiger partial charge < -0.3 is 15.4 Å². The molecule has 1 aromatic carbocycles. The zero-order valence-corrected chi connectivity index (χ0v) is 14.0. The van der Waals surface area contributed by atoms with Crippen LogP contribution in [0.1, 0.15) is 30.7 Å². The summed E-state index contributed by atoms with van der Waals surface area (Å²) >= 11 is 12.6. The molecular weight excluding hydrogens is 323 g/mol. The molecule has 0 aromatic heterocycles. The molecule has 2 fully saturated rings. The maximum Gasteiger partial charge on any atom is 0.223 e. The third kappa shape index (κ3) is 2.68. The Kier molecular flexibility index (Phi) is 4.53. The Hall–Kier alpha value is -0.970. The number of hydrogen-bond donors (Lipinski definition) is 1. The van der Waals surface area contributed by atoms with Crippen LogP contribution in [0.2, 0.25) is 10.0 Å². The van der Waals surface area contributed by atoms with E-state index in [1.54, 1.807) is 13.2 Å². The zero-order valence-electron chi connectivity index (χ0n) is 12.5. The van der Waals surface area contributed by atoms with E-state index in [2.05, 4.69) is 0 Å². The first-order chi connectivity index (χ1) is 10.5. The lowest BCUT2D eigenvalue weighted by atomic mass is 9.88. The van der Waals surface area contributed by atoms with Gasteiger partial charge in [-0.2, -0.15) is 0 Å². The summed E-state index contributed by atoms with van der Waals surface area (Å²) in [5.74, 6) is 1.39. The van der Waals surface area contributed by atoms with Crippen molar-refractivity contribution in [3.63, 3.8) is 0 Å². The van der Waals surface area contributed by atoms with Crippen molar-refractivity contribution in [2.45, 2.75) is 31.2 Å². The summed E-state index contributed by atoms with van der Waals surface area (Å²) in [6.07, 6.45) is 2.41. The van der Waals surface area contributed by atoms with Crippen LogP contribution in [0.3, 0.4) is 0 Å². The molecule has 0 bridgehead atoms. The molecule has 1 amide bonds. The van der Waals surface area contributed by atoms with Crippen LogP contribution in [-0.2, 0) is 4.79 Å². The summed E-state index contributed by atoms with van der Waals surface area (Å²) in [5.41, 5.74) is 6.67. The van der Waals surface area contributed by atoms with Gasteiger partial charge in [-0.15, -0.1) is 0 Å². The Bertz CT molecular complexity index is 594. The van der Waals surface area contributed by atoms with Gasteiger partial charge in [0.1, 0.15) is 5.75 Å². The first kappa shape index (κ1) is 15.9. The van der Waals surface area contributed by atoms with E-state index >= 15 is 0 Å². The number of nitrogens with two attached hydrogens (primary N) is 1. The highest BCUT2D eigenvalue weighted by Gasteiger charge is 2.42. The van der Waals surface area contributed by atoms with Gasteiger partial charge in [0.2, 0.25) is 5.91 Å². The number of nitrogens with zero attached hydrogens (tertiary/aromatic N) is 1. The molecule has 2 saturated heterocycles. The number of hydrogen-bond acceptors (Lipinski definition) is 3. The molecule has 6 heteroatoms. The standard InChI is InChI=1S/C16H20Cl2N2O2/c1-22-13-3-2-12(17)16(18)15(13)10-6-11-4-9(7-19)5-14(21)20(11)8-10/h2-3,9-11H,4-8,19H2,1H3. The SMILES string of the molecule is COc1ccc(Cl)c(Cl)c1C1CC2CC(CN)CC(=O)N2C1. The maximum atomic E-state index is 12.3. The number of methoxy groups -OCH3 is 1. The number of fused-ring (bicyclic) bond motifs is 1. The van der Waals surface area contributed by atoms with Gasteiger partial charge in [0, 0.05) is 30.5 Å². The molecule has 0 spiro atoms. The Morgan fingerprint density at radius 3 is 2.82 bits per heavy atom. The van der Waals surface area contributed by atoms with Crippen molar-refractivity contribution in [3.8, 4) is 5.75 Å². The van der Waals surface area contributed by atoms with Crippen LogP contribution in [0.5, 0.6) is 5.75 Å². The molecule has 2 aliphatic heterocycles. The minimum Gasteiger partial charge on any atom is -0.496 e. The van der Waals surface area contributed by atoms with Crippen LogP contribution in [0, 0.1) is 5.92 Å². The lowest BCUT2D eigenvalue weighted by Gasteiger charge is -2.33. The van der Waals surface area contributed by atoms with E-state index < -0.39 is 0 Å². The fraction of sp³-hybridized carbons (Fsp3) is 0.562. The highest BCUT2D eigenvalue weighted by atomic mass is 35.5. The van der Waals surface area contributed by atoms with Gasteiger partial charge in [-0.1, -0.05) is 23.2 Å². The van der Waals surface area contributed by atoms with E-state index in [9.17, 15) is 4.79 Å². The topological polar surface area (TPSA) is 55.6 Å². The van der Waals surface area contributed by atoms with Crippen molar-refractivity contribution in [1.82, 2.24) is 4.90 Å². The minimum absolute atomic E-state index is 0.159. The molecular formula is C16H20Cl2N2O2. The van der Waals surface area contributed by atoms with E-state index in [4.69, 9.17) is 33.7 Å². The number of amides is 1. The van der Waals surface area contributed by atoms with Gasteiger partial charge in [-0.3, -0.25) is 4.79 Å². The monoisotopic (exact) mass is 342 g/mol. The molecule has 3 rings (SSSR count). The van der Waals surface area contributed by atoms with E-state index in [0.29, 0.717) is 35.5 Å². The number of rotatable bonds is 3. The summed E-state index contributed by atoms with van der Waals surface area (Å²) in [4.78, 5) is 14.3. The van der Waals surface area contributed by atoms with E-state index in [1.165, 1.54) is 0 Å². The molecule has 2 N–H and O–H groups in total. The van der Waals surface area contributed by atoms with Gasteiger partial charge in [0.05, 0.1) is 17.2 Å². The van der Waals surface area contributed by atoms with Crippen molar-refractivity contribution in [2.24, 2.45) is 11.7 Å². The number of carbonyl (C=O) groups excluding carboxylic acids is 1. The highest BCUT2D eigenvalue weighted by molar-refractivity contribution is 6.42. The zero-order chi connectivity index (χ0) is 15.9. The van der Waals surface area contributed by atoms with Crippen LogP contribution >= 0.6 is 23.2 Å². The average molecular weight is 343 g/mol. The molecule has 0 saturated carbocycles. The first-order valence-corrected chi connectivity index (χ1v) is 8.32. The molecule has 0 aliphatic carbocycles. The number of carbonyl (C=O) groups is 1. The van der Waals surface area contributed by atoms with Crippen LogP contribution in [-0.4, -0.2) is 37.0 Å². The van der Waals surface area contributed by atoms with E-state index in [-0.39, 0.29) is 17.9 Å². The molecule has 2 aliphatic rings. The Balaban J connectivity index is 1.90. The fourth-order valence-electron chi connectivity index (χ4n) is 3.77. The maximum absolute atomic E-state index is 12.3. The van der Waals surface area contributed by atoms with Crippen molar-refractivity contribution in [1.29, 1.82) is 0 Å². The number of benzene rings is 1. The summed E-state index contributed by atoms with van der Waals surface area (Å²) in [5, 5.41) is 1.06. The molecule has 1 aromatic rings. The van der Waals surface area contributed by atoms with Gasteiger partial charge in [0.15, 0.2) is 0 Å². The fourth-order valence-corrected chi connectivity index (χ4v) is 4.25. The minimum atomic E-state index is 0.159. The molecule has 4 nitrogen and oxygen atoms in total. The lowest BCUT2D eigenvalue weighted by molar-refractivity contribution is -0.136. The lowest BCUT2D eigenvalue weighted by Crippen LogP contribution is -2.44. The number of halogens is 2. The normalized spacial score (nSPS) is 27.9. The summed E-state index contributed by atoms with van der Waals surface area (Å²) in [7, 11) is 1.63. The van der Waals surface area contributed by atoms with Crippen LogP contribution in [0.25, 0.3) is 0 Å². The first-order valence-electron chi connectivity index (χ1n) is 7.56. The van der Waals surface area contributed by atoms with Crippen LogP contribution in [0.15, 0.2) is 12.1 Å². The second-order valence-corrected chi connectivity index (χ2v) is 6.94. The van der Waals surface area contributed by atoms with Crippen LogP contribution < -0.4 is 10.5 Å².